The Balaban J connectivity index is 1.91. The van der Waals surface area contributed by atoms with Crippen molar-refractivity contribution >= 4 is 16.9 Å². The minimum absolute atomic E-state index is 0.894. The summed E-state index contributed by atoms with van der Waals surface area (Å²) in [4.78, 5) is 11.5. The smallest absolute Gasteiger partial charge is 0.142 e. The van der Waals surface area contributed by atoms with Crippen molar-refractivity contribution in [2.24, 2.45) is 0 Å². The molecule has 0 bridgehead atoms. The molecule has 2 rings (SSSR count). The topological polar surface area (TPSA) is 53.6 Å². The number of unbranched alkanes of at least 4 members (excludes halogenated alkanes) is 3. The zero-order valence-electron chi connectivity index (χ0n) is 9.66. The van der Waals surface area contributed by atoms with Gasteiger partial charge in [-0.05, 0) is 12.5 Å². The number of fused-ring (bicyclic) bond motifs is 1. The highest BCUT2D eigenvalue weighted by atomic mass is 15.0. The Bertz CT molecular complexity index is 435. The van der Waals surface area contributed by atoms with Crippen molar-refractivity contribution in [1.82, 2.24) is 15.0 Å². The Morgan fingerprint density at radius 2 is 2.19 bits per heavy atom. The number of H-pyrrole nitrogens is 1. The van der Waals surface area contributed by atoms with Gasteiger partial charge in [0.25, 0.3) is 0 Å². The van der Waals surface area contributed by atoms with Crippen LogP contribution in [0.1, 0.15) is 32.6 Å². The number of anilines is 1. The van der Waals surface area contributed by atoms with E-state index in [1.807, 2.05) is 12.3 Å². The van der Waals surface area contributed by atoms with Crippen LogP contribution in [0.3, 0.4) is 0 Å². The zero-order chi connectivity index (χ0) is 11.2. The van der Waals surface area contributed by atoms with Crippen LogP contribution in [0.4, 0.5) is 5.82 Å². The summed E-state index contributed by atoms with van der Waals surface area (Å²) < 4.78 is 0. The molecule has 0 amide bonds. The summed E-state index contributed by atoms with van der Waals surface area (Å²) >= 11 is 0. The Morgan fingerprint density at radius 3 is 3.06 bits per heavy atom. The molecule has 0 fully saturated rings. The fourth-order valence-electron chi connectivity index (χ4n) is 1.77. The quantitative estimate of drug-likeness (QED) is 0.733. The average molecular weight is 218 g/mol. The van der Waals surface area contributed by atoms with Crippen LogP contribution in [0.5, 0.6) is 0 Å². The lowest BCUT2D eigenvalue weighted by Crippen LogP contribution is -2.03. The summed E-state index contributed by atoms with van der Waals surface area (Å²) in [6.07, 6.45) is 8.55. The largest absolute Gasteiger partial charge is 0.369 e. The molecule has 4 nitrogen and oxygen atoms in total. The van der Waals surface area contributed by atoms with Crippen LogP contribution < -0.4 is 5.32 Å². The second-order valence-electron chi connectivity index (χ2n) is 3.95. The van der Waals surface area contributed by atoms with Gasteiger partial charge in [-0.15, -0.1) is 0 Å². The molecule has 0 atom stereocenters. The van der Waals surface area contributed by atoms with Crippen LogP contribution in [-0.4, -0.2) is 21.5 Å². The molecule has 2 N–H and O–H groups in total. The first-order chi connectivity index (χ1) is 7.92. The summed E-state index contributed by atoms with van der Waals surface area (Å²) in [5, 5.41) is 4.43. The van der Waals surface area contributed by atoms with E-state index in [0.717, 1.165) is 23.4 Å². The molecule has 0 aliphatic carbocycles. The van der Waals surface area contributed by atoms with Crippen LogP contribution in [0.2, 0.25) is 0 Å². The monoisotopic (exact) mass is 218 g/mol. The van der Waals surface area contributed by atoms with Crippen LogP contribution >= 0.6 is 0 Å². The number of aromatic nitrogens is 3. The Morgan fingerprint density at radius 1 is 1.25 bits per heavy atom. The minimum Gasteiger partial charge on any atom is -0.369 e. The number of hydrogen-bond donors (Lipinski definition) is 2. The molecule has 0 aliphatic heterocycles. The Hall–Kier alpha value is -1.58. The normalized spacial score (nSPS) is 10.8. The highest BCUT2D eigenvalue weighted by molar-refractivity contribution is 5.86. The molecule has 2 aromatic rings. The standard InChI is InChI=1S/C12H18N4/c1-2-3-4-5-7-13-11-10-6-8-14-12(10)16-9-15-11/h6,8-9H,2-5,7H2,1H3,(H2,13,14,15,16). The lowest BCUT2D eigenvalue weighted by atomic mass is 10.2. The molecule has 4 heteroatoms. The van der Waals surface area contributed by atoms with E-state index in [1.165, 1.54) is 25.7 Å². The second-order valence-corrected chi connectivity index (χ2v) is 3.95. The molecule has 0 saturated heterocycles. The van der Waals surface area contributed by atoms with Gasteiger partial charge in [-0.1, -0.05) is 26.2 Å². The molecule has 0 unspecified atom stereocenters. The SMILES string of the molecule is CCCCCCNc1ncnc2[nH]ccc12. The van der Waals surface area contributed by atoms with Crippen LogP contribution in [0, 0.1) is 0 Å². The van der Waals surface area contributed by atoms with Crippen molar-refractivity contribution in [3.05, 3.63) is 18.6 Å². The summed E-state index contributed by atoms with van der Waals surface area (Å²) in [5.74, 6) is 0.933. The van der Waals surface area contributed by atoms with E-state index >= 15 is 0 Å². The molecule has 2 aromatic heterocycles. The van der Waals surface area contributed by atoms with Crippen molar-refractivity contribution in [1.29, 1.82) is 0 Å². The molecule has 0 aliphatic rings. The van der Waals surface area contributed by atoms with Crippen molar-refractivity contribution in [3.8, 4) is 0 Å². The van der Waals surface area contributed by atoms with Gasteiger partial charge < -0.3 is 10.3 Å². The van der Waals surface area contributed by atoms with Crippen LogP contribution in [0.25, 0.3) is 11.0 Å². The van der Waals surface area contributed by atoms with Gasteiger partial charge in [0.15, 0.2) is 0 Å². The van der Waals surface area contributed by atoms with E-state index in [2.05, 4.69) is 27.2 Å². The van der Waals surface area contributed by atoms with Gasteiger partial charge in [0.05, 0.1) is 5.39 Å². The molecule has 0 radical (unpaired) electrons. The lowest BCUT2D eigenvalue weighted by Gasteiger charge is -2.05. The highest BCUT2D eigenvalue weighted by Gasteiger charge is 2.02. The molecule has 86 valence electrons. The Kier molecular flexibility index (Phi) is 3.75. The van der Waals surface area contributed by atoms with E-state index < -0.39 is 0 Å². The first-order valence-corrected chi connectivity index (χ1v) is 5.93. The maximum Gasteiger partial charge on any atom is 0.142 e. The van der Waals surface area contributed by atoms with Gasteiger partial charge in [0.1, 0.15) is 17.8 Å². The molecular formula is C12H18N4. The van der Waals surface area contributed by atoms with E-state index in [-0.39, 0.29) is 0 Å². The third kappa shape index (κ3) is 2.51. The van der Waals surface area contributed by atoms with Gasteiger partial charge >= 0.3 is 0 Å². The van der Waals surface area contributed by atoms with Crippen molar-refractivity contribution < 1.29 is 0 Å². The third-order valence-corrected chi connectivity index (χ3v) is 2.68. The lowest BCUT2D eigenvalue weighted by molar-refractivity contribution is 0.684. The molecule has 0 spiro atoms. The third-order valence-electron chi connectivity index (χ3n) is 2.68. The number of nitrogens with one attached hydrogen (secondary N) is 2. The average Bonchev–Trinajstić information content (AvgIpc) is 2.77. The molecule has 16 heavy (non-hydrogen) atoms. The van der Waals surface area contributed by atoms with Crippen LogP contribution in [-0.2, 0) is 0 Å². The predicted molar refractivity (Wildman–Crippen MR) is 66.5 cm³/mol. The van der Waals surface area contributed by atoms with Crippen molar-refractivity contribution in [3.63, 3.8) is 0 Å². The van der Waals surface area contributed by atoms with Gasteiger partial charge in [-0.25, -0.2) is 9.97 Å². The van der Waals surface area contributed by atoms with E-state index in [4.69, 9.17) is 0 Å². The Labute approximate surface area is 95.5 Å². The number of aromatic amines is 1. The summed E-state index contributed by atoms with van der Waals surface area (Å²) in [5.41, 5.74) is 0.894. The number of hydrogen-bond acceptors (Lipinski definition) is 3. The fourth-order valence-corrected chi connectivity index (χ4v) is 1.77. The van der Waals surface area contributed by atoms with Gasteiger partial charge in [-0.2, -0.15) is 0 Å². The second kappa shape index (κ2) is 5.49. The molecule has 0 aromatic carbocycles. The van der Waals surface area contributed by atoms with Gasteiger partial charge in [-0.3, -0.25) is 0 Å². The minimum atomic E-state index is 0.894. The van der Waals surface area contributed by atoms with E-state index in [9.17, 15) is 0 Å². The van der Waals surface area contributed by atoms with E-state index in [0.29, 0.717) is 0 Å². The predicted octanol–water partition coefficient (Wildman–Crippen LogP) is 2.95. The maximum absolute atomic E-state index is 4.25. The van der Waals surface area contributed by atoms with Crippen molar-refractivity contribution in [2.75, 3.05) is 11.9 Å². The first-order valence-electron chi connectivity index (χ1n) is 5.93. The molecular weight excluding hydrogens is 200 g/mol. The number of rotatable bonds is 6. The van der Waals surface area contributed by atoms with Crippen molar-refractivity contribution in [2.45, 2.75) is 32.6 Å². The highest BCUT2D eigenvalue weighted by Crippen LogP contribution is 2.17. The molecule has 2 heterocycles. The summed E-state index contributed by atoms with van der Waals surface area (Å²) in [6, 6.07) is 2.00. The van der Waals surface area contributed by atoms with Gasteiger partial charge in [0.2, 0.25) is 0 Å². The maximum atomic E-state index is 4.25. The number of nitrogens with zero attached hydrogens (tertiary/aromatic N) is 2. The molecule has 0 saturated carbocycles. The zero-order valence-corrected chi connectivity index (χ0v) is 9.66. The van der Waals surface area contributed by atoms with Gasteiger partial charge in [0, 0.05) is 12.7 Å². The van der Waals surface area contributed by atoms with E-state index in [1.54, 1.807) is 6.33 Å². The summed E-state index contributed by atoms with van der Waals surface area (Å²) in [7, 11) is 0. The summed E-state index contributed by atoms with van der Waals surface area (Å²) in [6.45, 7) is 3.21. The van der Waals surface area contributed by atoms with Crippen LogP contribution in [0.15, 0.2) is 18.6 Å². The fraction of sp³-hybridized carbons (Fsp3) is 0.500. The first kappa shape index (κ1) is 10.9.